The van der Waals surface area contributed by atoms with Crippen molar-refractivity contribution in [3.8, 4) is 0 Å². The van der Waals surface area contributed by atoms with Gasteiger partial charge in [-0.1, -0.05) is 0 Å². The van der Waals surface area contributed by atoms with Crippen LogP contribution in [0.15, 0.2) is 0 Å². The zero-order valence-corrected chi connectivity index (χ0v) is 7.78. The summed E-state index contributed by atoms with van der Waals surface area (Å²) in [7, 11) is 1.76. The van der Waals surface area contributed by atoms with Crippen LogP contribution in [0.4, 0.5) is 0 Å². The maximum absolute atomic E-state index is 11.1. The molecular weight excluding hydrogens is 162 g/mol. The Labute approximate surface area is 71.6 Å². The highest BCUT2D eigenvalue weighted by Crippen LogP contribution is 1.99. The predicted octanol–water partition coefficient (Wildman–Crippen LogP) is -0.111. The van der Waals surface area contributed by atoms with Crippen LogP contribution in [-0.4, -0.2) is 42.6 Å². The van der Waals surface area contributed by atoms with Crippen molar-refractivity contribution < 1.29 is 9.90 Å². The Kier molecular flexibility index (Phi) is 6.60. The first kappa shape index (κ1) is 10.9. The van der Waals surface area contributed by atoms with E-state index in [9.17, 15) is 4.79 Å². The van der Waals surface area contributed by atoms with E-state index in [1.807, 2.05) is 6.26 Å². The van der Waals surface area contributed by atoms with Crippen molar-refractivity contribution in [2.24, 2.45) is 0 Å². The van der Waals surface area contributed by atoms with Gasteiger partial charge in [0.15, 0.2) is 5.78 Å². The third kappa shape index (κ3) is 4.40. The second-order valence-electron chi connectivity index (χ2n) is 2.24. The lowest BCUT2D eigenvalue weighted by Crippen LogP contribution is -2.36. The van der Waals surface area contributed by atoms with E-state index in [-0.39, 0.29) is 24.9 Å². The zero-order valence-electron chi connectivity index (χ0n) is 6.96. The minimum Gasteiger partial charge on any atom is -0.396 e. The summed E-state index contributed by atoms with van der Waals surface area (Å²) in [6, 6.07) is -0.0999. The number of likely N-dealkylation sites (N-methyl/N-ethyl adjacent to an activating group) is 1. The van der Waals surface area contributed by atoms with E-state index in [1.54, 1.807) is 18.8 Å². The third-order valence-electron chi connectivity index (χ3n) is 1.43. The Bertz CT molecular complexity index is 119. The van der Waals surface area contributed by atoms with E-state index in [0.29, 0.717) is 0 Å². The smallest absolute Gasteiger partial charge is 0.152 e. The molecule has 0 fully saturated rings. The molecule has 3 nitrogen and oxygen atoms in total. The first-order valence-electron chi connectivity index (χ1n) is 3.56. The van der Waals surface area contributed by atoms with Crippen LogP contribution in [0, 0.1) is 0 Å². The van der Waals surface area contributed by atoms with Gasteiger partial charge in [0, 0.05) is 12.2 Å². The largest absolute Gasteiger partial charge is 0.396 e. The molecule has 0 amide bonds. The summed E-state index contributed by atoms with van der Waals surface area (Å²) >= 11 is 1.62. The van der Waals surface area contributed by atoms with Crippen LogP contribution in [0.5, 0.6) is 0 Å². The number of aliphatic hydroxyl groups is 1. The molecule has 0 aliphatic rings. The van der Waals surface area contributed by atoms with Crippen molar-refractivity contribution >= 4 is 17.5 Å². The highest BCUT2D eigenvalue weighted by Gasteiger charge is 2.13. The summed E-state index contributed by atoms with van der Waals surface area (Å²) in [5.74, 6) is 0.861. The van der Waals surface area contributed by atoms with E-state index >= 15 is 0 Å². The van der Waals surface area contributed by atoms with E-state index in [4.69, 9.17) is 5.11 Å². The van der Waals surface area contributed by atoms with Gasteiger partial charge in [-0.15, -0.1) is 0 Å². The molecule has 1 atom stereocenters. The van der Waals surface area contributed by atoms with Crippen LogP contribution < -0.4 is 5.32 Å². The van der Waals surface area contributed by atoms with Crippen molar-refractivity contribution in [2.75, 3.05) is 25.7 Å². The summed E-state index contributed by atoms with van der Waals surface area (Å²) in [5, 5.41) is 11.4. The molecule has 0 aliphatic carbocycles. The molecule has 66 valence electrons. The van der Waals surface area contributed by atoms with Gasteiger partial charge in [-0.2, -0.15) is 11.8 Å². The Morgan fingerprint density at radius 3 is 2.73 bits per heavy atom. The molecule has 0 saturated carbocycles. The number of nitrogens with one attached hydrogen (secondary N) is 1. The summed E-state index contributed by atoms with van der Waals surface area (Å²) < 4.78 is 0. The van der Waals surface area contributed by atoms with Crippen molar-refractivity contribution in [1.82, 2.24) is 5.32 Å². The summed E-state index contributed by atoms with van der Waals surface area (Å²) in [6.45, 7) is -0.0502. The van der Waals surface area contributed by atoms with Gasteiger partial charge in [0.05, 0.1) is 12.6 Å². The molecule has 0 heterocycles. The van der Waals surface area contributed by atoms with Crippen molar-refractivity contribution in [3.05, 3.63) is 0 Å². The number of hydrogen-bond donors (Lipinski definition) is 2. The fourth-order valence-corrected chi connectivity index (χ4v) is 1.47. The van der Waals surface area contributed by atoms with Crippen LogP contribution in [-0.2, 0) is 4.79 Å². The monoisotopic (exact) mass is 177 g/mol. The average molecular weight is 177 g/mol. The molecule has 2 N–H and O–H groups in total. The molecule has 0 rings (SSSR count). The van der Waals surface area contributed by atoms with Crippen LogP contribution in [0.25, 0.3) is 0 Å². The molecule has 4 heteroatoms. The van der Waals surface area contributed by atoms with E-state index in [1.165, 1.54) is 0 Å². The van der Waals surface area contributed by atoms with Gasteiger partial charge in [0.25, 0.3) is 0 Å². The Hall–Kier alpha value is -0.0600. The molecule has 11 heavy (non-hydrogen) atoms. The number of ketones is 1. The molecular formula is C7H15NO2S. The number of aliphatic hydroxyl groups excluding tert-OH is 1. The Balaban J connectivity index is 3.71. The molecule has 0 aromatic carbocycles. The van der Waals surface area contributed by atoms with Gasteiger partial charge in [0.2, 0.25) is 0 Å². The first-order chi connectivity index (χ1) is 5.26. The van der Waals surface area contributed by atoms with E-state index in [0.717, 1.165) is 5.75 Å². The standard InChI is InChI=1S/C7H15NO2S/c1-8-6(5-11-2)7(10)3-4-9/h6,8-9H,3-5H2,1-2H3. The summed E-state index contributed by atoms with van der Waals surface area (Å²) in [6.07, 6.45) is 2.21. The first-order valence-corrected chi connectivity index (χ1v) is 4.95. The second kappa shape index (κ2) is 6.64. The Morgan fingerprint density at radius 2 is 2.36 bits per heavy atom. The van der Waals surface area contributed by atoms with Gasteiger partial charge in [0.1, 0.15) is 0 Å². The normalized spacial score (nSPS) is 13.0. The highest BCUT2D eigenvalue weighted by atomic mass is 32.2. The lowest BCUT2D eigenvalue weighted by molar-refractivity contribution is -0.121. The molecule has 0 bridgehead atoms. The second-order valence-corrected chi connectivity index (χ2v) is 3.15. The molecule has 0 saturated heterocycles. The van der Waals surface area contributed by atoms with E-state index in [2.05, 4.69) is 5.32 Å². The van der Waals surface area contributed by atoms with Crippen molar-refractivity contribution in [2.45, 2.75) is 12.5 Å². The lowest BCUT2D eigenvalue weighted by Gasteiger charge is -2.11. The average Bonchev–Trinajstić information content (AvgIpc) is 2.00. The maximum Gasteiger partial charge on any atom is 0.152 e. The minimum atomic E-state index is -0.0999. The third-order valence-corrected chi connectivity index (χ3v) is 2.10. The van der Waals surface area contributed by atoms with Gasteiger partial charge >= 0.3 is 0 Å². The maximum atomic E-state index is 11.1. The number of carbonyl (C=O) groups is 1. The topological polar surface area (TPSA) is 49.3 Å². The number of hydrogen-bond acceptors (Lipinski definition) is 4. The van der Waals surface area contributed by atoms with Crippen molar-refractivity contribution in [1.29, 1.82) is 0 Å². The molecule has 0 radical (unpaired) electrons. The molecule has 0 spiro atoms. The number of thioether (sulfide) groups is 1. The molecule has 1 unspecified atom stereocenters. The highest BCUT2D eigenvalue weighted by molar-refractivity contribution is 7.98. The van der Waals surface area contributed by atoms with Crippen LogP contribution in [0.3, 0.4) is 0 Å². The number of carbonyl (C=O) groups excluding carboxylic acids is 1. The summed E-state index contributed by atoms with van der Waals surface area (Å²) in [5.41, 5.74) is 0. The lowest BCUT2D eigenvalue weighted by atomic mass is 10.1. The quantitative estimate of drug-likeness (QED) is 0.594. The van der Waals surface area contributed by atoms with Crippen LogP contribution in [0.1, 0.15) is 6.42 Å². The fourth-order valence-electron chi connectivity index (χ4n) is 0.788. The number of rotatable bonds is 6. The van der Waals surface area contributed by atoms with Gasteiger partial charge in [-0.25, -0.2) is 0 Å². The molecule has 0 aromatic rings. The number of Topliss-reactive ketones (excluding diaryl/α,β-unsaturated/α-hetero) is 1. The zero-order chi connectivity index (χ0) is 8.69. The van der Waals surface area contributed by atoms with Crippen LogP contribution >= 0.6 is 11.8 Å². The van der Waals surface area contributed by atoms with Gasteiger partial charge in [-0.3, -0.25) is 4.79 Å². The van der Waals surface area contributed by atoms with Gasteiger partial charge in [-0.05, 0) is 13.3 Å². The van der Waals surface area contributed by atoms with Crippen molar-refractivity contribution in [3.63, 3.8) is 0 Å². The predicted molar refractivity (Wildman–Crippen MR) is 47.9 cm³/mol. The summed E-state index contributed by atoms with van der Waals surface area (Å²) in [4.78, 5) is 11.1. The molecule has 0 aromatic heterocycles. The van der Waals surface area contributed by atoms with Crippen LogP contribution in [0.2, 0.25) is 0 Å². The minimum absolute atomic E-state index is 0.0502. The Morgan fingerprint density at radius 1 is 1.73 bits per heavy atom. The van der Waals surface area contributed by atoms with Gasteiger partial charge < -0.3 is 10.4 Å². The van der Waals surface area contributed by atoms with E-state index < -0.39 is 0 Å². The SMILES string of the molecule is CNC(CSC)C(=O)CCO. The molecule has 0 aliphatic heterocycles. The fraction of sp³-hybridized carbons (Fsp3) is 0.857.